The van der Waals surface area contributed by atoms with Gasteiger partial charge in [-0.15, -0.1) is 0 Å². The second-order valence-corrected chi connectivity index (χ2v) is 15.2. The summed E-state index contributed by atoms with van der Waals surface area (Å²) in [4.78, 5) is 0. The zero-order valence-electron chi connectivity index (χ0n) is 31.8. The quantitative estimate of drug-likeness (QED) is 0.161. The van der Waals surface area contributed by atoms with Crippen LogP contribution in [0.1, 0.15) is 119 Å². The van der Waals surface area contributed by atoms with Gasteiger partial charge in [0.25, 0.3) is 0 Å². The summed E-state index contributed by atoms with van der Waals surface area (Å²) in [6, 6.07) is 4.29. The Morgan fingerprint density at radius 1 is 0.896 bits per heavy atom. The number of aliphatic hydroxyl groups excluding tert-OH is 1. The molecule has 0 bridgehead atoms. The molecule has 0 fully saturated rings. The van der Waals surface area contributed by atoms with Crippen LogP contribution < -0.4 is 4.57 Å². The molecule has 260 valence electrons. The van der Waals surface area contributed by atoms with Crippen molar-refractivity contribution in [2.24, 2.45) is 10.8 Å². The van der Waals surface area contributed by atoms with Crippen LogP contribution in [0.3, 0.4) is 0 Å². The van der Waals surface area contributed by atoms with Crippen LogP contribution in [0, 0.1) is 10.8 Å². The monoisotopic (exact) mass is 650 g/mol. The molecule has 0 spiro atoms. The van der Waals surface area contributed by atoms with E-state index in [0.29, 0.717) is 6.54 Å². The molecule has 0 saturated heterocycles. The lowest BCUT2D eigenvalue weighted by atomic mass is 9.71. The lowest BCUT2D eigenvalue weighted by Crippen LogP contribution is -2.38. The Balaban J connectivity index is 1.73. The molecule has 3 nitrogen and oxygen atoms in total. The zero-order chi connectivity index (χ0) is 35.3. The van der Waals surface area contributed by atoms with E-state index in [2.05, 4.69) is 159 Å². The SMILES string of the molecule is CCCOC1CCC(C)(C)C(/C=C/C(C)=C/C=C/C(C)=C/c2cc(/C=C/C=C(C)/C=C/C3=C(C)CCCC3(C)C)cc[n+]2CCO)=C1C. The van der Waals surface area contributed by atoms with E-state index in [-0.39, 0.29) is 23.5 Å². The van der Waals surface area contributed by atoms with Crippen molar-refractivity contribution in [2.45, 2.75) is 120 Å². The first-order chi connectivity index (χ1) is 22.8. The summed E-state index contributed by atoms with van der Waals surface area (Å²) in [7, 11) is 0. The Bertz CT molecular complexity index is 1530. The summed E-state index contributed by atoms with van der Waals surface area (Å²) in [6.45, 7) is 24.0. The minimum Gasteiger partial charge on any atom is -0.390 e. The molecule has 0 saturated carbocycles. The van der Waals surface area contributed by atoms with Crippen molar-refractivity contribution in [3.05, 3.63) is 123 Å². The van der Waals surface area contributed by atoms with Gasteiger partial charge in [0.15, 0.2) is 12.7 Å². The first-order valence-corrected chi connectivity index (χ1v) is 18.2. The van der Waals surface area contributed by atoms with E-state index in [4.69, 9.17) is 4.74 Å². The smallest absolute Gasteiger partial charge is 0.206 e. The third kappa shape index (κ3) is 11.7. The number of allylic oxidation sites excluding steroid dienone is 15. The third-order valence-corrected chi connectivity index (χ3v) is 9.94. The summed E-state index contributed by atoms with van der Waals surface area (Å²) in [5.74, 6) is 0. The molecule has 1 aromatic rings. The Labute approximate surface area is 293 Å². The first-order valence-electron chi connectivity index (χ1n) is 18.2. The van der Waals surface area contributed by atoms with Crippen LogP contribution in [-0.4, -0.2) is 24.4 Å². The number of hydrogen-bond acceptors (Lipinski definition) is 2. The van der Waals surface area contributed by atoms with Crippen LogP contribution >= 0.6 is 0 Å². The molecule has 1 heterocycles. The highest BCUT2D eigenvalue weighted by molar-refractivity contribution is 5.57. The van der Waals surface area contributed by atoms with Gasteiger partial charge < -0.3 is 9.84 Å². The molecule has 3 heteroatoms. The lowest BCUT2D eigenvalue weighted by Gasteiger charge is -2.37. The molecule has 1 atom stereocenters. The number of hydrogen-bond donors (Lipinski definition) is 1. The van der Waals surface area contributed by atoms with Gasteiger partial charge in [0.2, 0.25) is 5.69 Å². The predicted molar refractivity (Wildman–Crippen MR) is 207 cm³/mol. The maximum atomic E-state index is 9.68. The normalized spacial score (nSPS) is 21.2. The highest BCUT2D eigenvalue weighted by atomic mass is 16.5. The maximum absolute atomic E-state index is 9.68. The summed E-state index contributed by atoms with van der Waals surface area (Å²) in [5, 5.41) is 9.68. The van der Waals surface area contributed by atoms with Gasteiger partial charge in [-0.05, 0) is 112 Å². The molecule has 48 heavy (non-hydrogen) atoms. The molecule has 3 rings (SSSR count). The van der Waals surface area contributed by atoms with Crippen molar-refractivity contribution in [1.29, 1.82) is 0 Å². The van der Waals surface area contributed by atoms with Gasteiger partial charge >= 0.3 is 0 Å². The molecule has 1 unspecified atom stereocenters. The van der Waals surface area contributed by atoms with Crippen molar-refractivity contribution >= 4 is 12.2 Å². The van der Waals surface area contributed by atoms with Crippen LogP contribution in [0.4, 0.5) is 0 Å². The van der Waals surface area contributed by atoms with Crippen LogP contribution in [0.25, 0.3) is 12.2 Å². The number of pyridine rings is 1. The van der Waals surface area contributed by atoms with E-state index in [1.54, 1.807) is 0 Å². The van der Waals surface area contributed by atoms with E-state index >= 15 is 0 Å². The summed E-state index contributed by atoms with van der Waals surface area (Å²) in [6.07, 6.45) is 33.5. The van der Waals surface area contributed by atoms with Gasteiger partial charge in [-0.25, -0.2) is 0 Å². The van der Waals surface area contributed by atoms with E-state index in [1.165, 1.54) is 52.7 Å². The molecular formula is C45H64NO2+. The number of nitrogens with zero attached hydrogens (tertiary/aromatic N) is 1. The molecule has 0 amide bonds. The molecule has 0 aliphatic heterocycles. The maximum Gasteiger partial charge on any atom is 0.206 e. The lowest BCUT2D eigenvalue weighted by molar-refractivity contribution is -0.699. The van der Waals surface area contributed by atoms with Gasteiger partial charge in [0.1, 0.15) is 6.61 Å². The number of aliphatic hydroxyl groups is 1. The molecule has 0 aromatic carbocycles. The van der Waals surface area contributed by atoms with Crippen LogP contribution in [0.5, 0.6) is 0 Å². The van der Waals surface area contributed by atoms with Gasteiger partial charge in [-0.2, -0.15) is 4.57 Å². The van der Waals surface area contributed by atoms with Crippen molar-refractivity contribution in [3.63, 3.8) is 0 Å². The topological polar surface area (TPSA) is 33.3 Å². The average Bonchev–Trinajstić information content (AvgIpc) is 3.01. The van der Waals surface area contributed by atoms with E-state index in [1.807, 2.05) is 0 Å². The van der Waals surface area contributed by atoms with Crippen LogP contribution in [0.15, 0.2) is 112 Å². The predicted octanol–water partition coefficient (Wildman–Crippen LogP) is 11.4. The van der Waals surface area contributed by atoms with E-state index in [9.17, 15) is 5.11 Å². The molecule has 1 aromatic heterocycles. The fourth-order valence-electron chi connectivity index (χ4n) is 6.97. The minimum absolute atomic E-state index is 0.100. The number of aromatic nitrogens is 1. The molecule has 2 aliphatic rings. The van der Waals surface area contributed by atoms with Gasteiger partial charge in [-0.3, -0.25) is 0 Å². The van der Waals surface area contributed by atoms with Gasteiger partial charge in [-0.1, -0.05) is 112 Å². The van der Waals surface area contributed by atoms with E-state index in [0.717, 1.165) is 42.7 Å². The zero-order valence-corrected chi connectivity index (χ0v) is 31.8. The summed E-state index contributed by atoms with van der Waals surface area (Å²) < 4.78 is 8.26. The van der Waals surface area contributed by atoms with Gasteiger partial charge in [0, 0.05) is 24.8 Å². The van der Waals surface area contributed by atoms with Crippen molar-refractivity contribution in [1.82, 2.24) is 0 Å². The standard InChI is InChI=1S/C45H64NO2/c1-11-31-48-43-24-27-45(9,10)42(38(43)6)23-21-34(2)15-12-17-36(4)32-40-33-39(25-28-46(40)29-30-47)19-13-16-35(3)20-22-41-37(5)18-14-26-44(41,7)8/h12-13,15-17,19-23,25,28,32-33,43,47H,11,14,18,24,26-27,29-31H2,1-10H3/q+1/b17-12+,19-13+,22-20+,23-21+,34-15+,35-16+,36-32+. The fourth-order valence-corrected chi connectivity index (χ4v) is 6.97. The van der Waals surface area contributed by atoms with Crippen molar-refractivity contribution in [3.8, 4) is 0 Å². The van der Waals surface area contributed by atoms with Crippen molar-refractivity contribution < 1.29 is 14.4 Å². The molecule has 2 aliphatic carbocycles. The van der Waals surface area contributed by atoms with Crippen LogP contribution in [-0.2, 0) is 11.3 Å². The van der Waals surface area contributed by atoms with Crippen LogP contribution in [0.2, 0.25) is 0 Å². The largest absolute Gasteiger partial charge is 0.390 e. The Hall–Kier alpha value is -3.27. The Kier molecular flexibility index (Phi) is 15.1. The highest BCUT2D eigenvalue weighted by Gasteiger charge is 2.32. The second-order valence-electron chi connectivity index (χ2n) is 15.2. The average molecular weight is 651 g/mol. The number of rotatable bonds is 14. The summed E-state index contributed by atoms with van der Waals surface area (Å²) in [5.41, 5.74) is 12.0. The van der Waals surface area contributed by atoms with E-state index < -0.39 is 0 Å². The fraction of sp³-hybridized carbons (Fsp3) is 0.489. The minimum atomic E-state index is 0.100. The van der Waals surface area contributed by atoms with Gasteiger partial charge in [0.05, 0.1) is 6.10 Å². The molecule has 1 N–H and O–H groups in total. The number of ether oxygens (including phenoxy) is 1. The molecule has 0 radical (unpaired) electrons. The third-order valence-electron chi connectivity index (χ3n) is 9.94. The highest BCUT2D eigenvalue weighted by Crippen LogP contribution is 2.42. The Morgan fingerprint density at radius 2 is 1.56 bits per heavy atom. The summed E-state index contributed by atoms with van der Waals surface area (Å²) >= 11 is 0. The Morgan fingerprint density at radius 3 is 2.23 bits per heavy atom. The molecular weight excluding hydrogens is 587 g/mol. The second kappa shape index (κ2) is 18.5. The first kappa shape index (κ1) is 39.2. The van der Waals surface area contributed by atoms with Crippen molar-refractivity contribution in [2.75, 3.05) is 13.2 Å².